The Kier molecular flexibility index (Phi) is 8.95. The zero-order valence-corrected chi connectivity index (χ0v) is 26.1. The van der Waals surface area contributed by atoms with E-state index in [0.29, 0.717) is 41.4 Å². The van der Waals surface area contributed by atoms with Crippen molar-refractivity contribution in [1.82, 2.24) is 14.7 Å². The van der Waals surface area contributed by atoms with E-state index in [4.69, 9.17) is 21.3 Å². The molecule has 3 aliphatic heterocycles. The Balaban J connectivity index is 1.42. The Bertz CT molecular complexity index is 1780. The highest BCUT2D eigenvalue weighted by molar-refractivity contribution is 6.36. The smallest absolute Gasteiger partial charge is 0.246 e. The van der Waals surface area contributed by atoms with Crippen LogP contribution in [0.2, 0.25) is 5.02 Å². The molecular weight excluding hydrogens is 610 g/mol. The number of ether oxygens (including phenoxy) is 1. The van der Waals surface area contributed by atoms with Crippen LogP contribution < -0.4 is 0 Å². The van der Waals surface area contributed by atoms with Crippen molar-refractivity contribution in [3.8, 4) is 12.1 Å². The summed E-state index contributed by atoms with van der Waals surface area (Å²) in [6.45, 7) is 4.91. The first-order valence-corrected chi connectivity index (χ1v) is 15.6. The van der Waals surface area contributed by atoms with E-state index in [1.807, 2.05) is 47.2 Å². The van der Waals surface area contributed by atoms with Crippen molar-refractivity contribution in [1.29, 1.82) is 10.5 Å². The molecule has 0 bridgehead atoms. The van der Waals surface area contributed by atoms with Gasteiger partial charge in [-0.3, -0.25) is 9.69 Å². The van der Waals surface area contributed by atoms with Gasteiger partial charge in [0.05, 0.1) is 24.6 Å². The number of halogens is 3. The van der Waals surface area contributed by atoms with Crippen LogP contribution in [0.15, 0.2) is 83.3 Å². The summed E-state index contributed by atoms with van der Waals surface area (Å²) in [4.78, 5) is 22.9. The normalized spacial score (nSPS) is 26.5. The fraction of sp³-hybridized carbons (Fsp3) is 0.371. The predicted molar refractivity (Wildman–Crippen MR) is 173 cm³/mol. The molecule has 5 atom stereocenters. The topological polar surface area (TPSA) is 96.0 Å². The van der Waals surface area contributed by atoms with Gasteiger partial charge in [-0.1, -0.05) is 48.5 Å². The molecule has 0 radical (unpaired) electrons. The molecule has 11 heteroatoms. The van der Waals surface area contributed by atoms with Crippen LogP contribution in [-0.2, 0) is 9.53 Å². The molecule has 0 N–H and O–H groups in total. The third-order valence-electron chi connectivity index (χ3n) is 9.25. The summed E-state index contributed by atoms with van der Waals surface area (Å²) in [7, 11) is 1.83. The quantitative estimate of drug-likeness (QED) is 0.381. The molecule has 1 amide bonds. The summed E-state index contributed by atoms with van der Waals surface area (Å²) in [5.41, 5.74) is 1.64. The number of rotatable bonds is 6. The third kappa shape index (κ3) is 5.79. The van der Waals surface area contributed by atoms with Crippen molar-refractivity contribution < 1.29 is 18.3 Å². The summed E-state index contributed by atoms with van der Waals surface area (Å²) in [6.07, 6.45) is 3.88. The first-order chi connectivity index (χ1) is 22.2. The average Bonchev–Trinajstić information content (AvgIpc) is 3.38. The fourth-order valence-electron chi connectivity index (χ4n) is 7.00. The van der Waals surface area contributed by atoms with E-state index in [1.54, 1.807) is 17.0 Å². The van der Waals surface area contributed by atoms with Gasteiger partial charge in [0.2, 0.25) is 11.8 Å². The lowest BCUT2D eigenvalue weighted by Crippen LogP contribution is -2.55. The van der Waals surface area contributed by atoms with Crippen LogP contribution in [0.3, 0.4) is 0 Å². The predicted octanol–water partition coefficient (Wildman–Crippen LogP) is 5.59. The number of fused-ring (bicyclic) bond motifs is 2. The number of alkyl halides is 1. The second-order valence-corrected chi connectivity index (χ2v) is 12.4. The van der Waals surface area contributed by atoms with Crippen LogP contribution in [0.5, 0.6) is 0 Å². The van der Waals surface area contributed by atoms with Gasteiger partial charge in [-0.05, 0) is 48.7 Å². The molecule has 2 fully saturated rings. The van der Waals surface area contributed by atoms with E-state index in [1.165, 1.54) is 12.2 Å². The minimum Gasteiger partial charge on any atom is -0.475 e. The molecule has 0 spiro atoms. The number of nitrogens with zero attached hydrogens (tertiary/aromatic N) is 6. The first kappa shape index (κ1) is 31.5. The fourth-order valence-corrected chi connectivity index (χ4v) is 7.28. The number of aliphatic imine (C=N–C) groups is 1. The number of benzene rings is 2. The number of hydrogen-bond acceptors (Lipinski definition) is 7. The average molecular weight is 643 g/mol. The van der Waals surface area contributed by atoms with E-state index < -0.39 is 30.0 Å². The van der Waals surface area contributed by atoms with E-state index in [0.717, 1.165) is 10.8 Å². The minimum atomic E-state index is -0.964. The molecule has 3 heterocycles. The maximum atomic E-state index is 16.3. The van der Waals surface area contributed by atoms with Crippen molar-refractivity contribution >= 4 is 39.8 Å². The largest absolute Gasteiger partial charge is 0.475 e. The van der Waals surface area contributed by atoms with Gasteiger partial charge in [0.25, 0.3) is 0 Å². The lowest BCUT2D eigenvalue weighted by atomic mass is 9.81. The molecule has 6 rings (SSSR count). The van der Waals surface area contributed by atoms with Gasteiger partial charge in [-0.2, -0.15) is 10.5 Å². The van der Waals surface area contributed by atoms with Crippen LogP contribution in [0.25, 0.3) is 16.3 Å². The number of piperazine rings is 1. The summed E-state index contributed by atoms with van der Waals surface area (Å²) < 4.78 is 36.6. The minimum absolute atomic E-state index is 0.0747. The monoisotopic (exact) mass is 642 g/mol. The van der Waals surface area contributed by atoms with Gasteiger partial charge >= 0.3 is 0 Å². The Morgan fingerprint density at radius 3 is 2.65 bits per heavy atom. The van der Waals surface area contributed by atoms with Gasteiger partial charge in [0.15, 0.2) is 0 Å². The SMILES string of the molecule is C=CC(=O)N1CCN(C2=C(C#N)C(OC[C@@H]3C[C@@H](F)CN3C)=NC3C=C(c4cccc5cccc(Cl)c45)C(F)=CC23)C[C@@H]1CC#N. The number of carbonyl (C=O) groups is 1. The maximum absolute atomic E-state index is 16.3. The van der Waals surface area contributed by atoms with E-state index in [2.05, 4.69) is 18.7 Å². The molecular formula is C35H33ClF2N6O2. The summed E-state index contributed by atoms with van der Waals surface area (Å²) in [5.74, 6) is -1.29. The molecule has 46 heavy (non-hydrogen) atoms. The molecule has 1 aliphatic carbocycles. The Morgan fingerprint density at radius 2 is 1.96 bits per heavy atom. The highest BCUT2D eigenvalue weighted by Crippen LogP contribution is 2.43. The lowest BCUT2D eigenvalue weighted by molar-refractivity contribution is -0.130. The van der Waals surface area contributed by atoms with Gasteiger partial charge in [-0.25, -0.2) is 13.8 Å². The number of hydrogen-bond donors (Lipinski definition) is 0. The molecule has 2 saturated heterocycles. The number of dihydropyridines is 1. The van der Waals surface area contributed by atoms with Gasteiger partial charge in [0.1, 0.15) is 30.2 Å². The van der Waals surface area contributed by atoms with Crippen molar-refractivity contribution in [2.24, 2.45) is 10.9 Å². The molecule has 4 aliphatic rings. The molecule has 236 valence electrons. The van der Waals surface area contributed by atoms with Crippen LogP contribution in [0.1, 0.15) is 18.4 Å². The van der Waals surface area contributed by atoms with Crippen molar-refractivity contribution in [2.75, 3.05) is 39.8 Å². The second-order valence-electron chi connectivity index (χ2n) is 12.0. The number of nitriles is 2. The number of carbonyl (C=O) groups excluding carboxylic acids is 1. The number of likely N-dealkylation sites (tertiary alicyclic amines) is 1. The van der Waals surface area contributed by atoms with Gasteiger partial charge in [0, 0.05) is 59.8 Å². The molecule has 0 aromatic heterocycles. The number of amides is 1. The van der Waals surface area contributed by atoms with E-state index in [9.17, 15) is 19.7 Å². The Morgan fingerprint density at radius 1 is 1.17 bits per heavy atom. The molecule has 2 unspecified atom stereocenters. The van der Waals surface area contributed by atoms with Crippen LogP contribution in [-0.4, -0.2) is 90.6 Å². The zero-order valence-electron chi connectivity index (χ0n) is 25.4. The standard InChI is InChI=1S/C35H33ClF2N6O2/c1-3-32(45)44-13-12-43(19-23(44)10-11-39)34-27-15-30(38)26(25-8-4-6-21-7-5-9-29(36)33(21)25)16-31(27)41-35(28(34)17-40)46-20-24-14-22(37)18-42(24)2/h3-9,15-16,22-24,27,31H,1,10,12-14,18-20H2,2H3/t22-,23+,24+,27?,31?/m1/s1. The lowest BCUT2D eigenvalue weighted by Gasteiger charge is -2.45. The zero-order chi connectivity index (χ0) is 32.5. The highest BCUT2D eigenvalue weighted by Gasteiger charge is 2.42. The molecule has 0 saturated carbocycles. The highest BCUT2D eigenvalue weighted by atomic mass is 35.5. The van der Waals surface area contributed by atoms with E-state index >= 15 is 4.39 Å². The van der Waals surface area contributed by atoms with Crippen molar-refractivity contribution in [3.63, 3.8) is 0 Å². The van der Waals surface area contributed by atoms with Gasteiger partial charge in [-0.15, -0.1) is 0 Å². The maximum Gasteiger partial charge on any atom is 0.246 e. The van der Waals surface area contributed by atoms with Crippen LogP contribution in [0.4, 0.5) is 8.78 Å². The summed E-state index contributed by atoms with van der Waals surface area (Å²) >= 11 is 6.61. The summed E-state index contributed by atoms with van der Waals surface area (Å²) in [6, 6.07) is 14.2. The Hall–Kier alpha value is -4.51. The number of likely N-dealkylation sites (N-methyl/N-ethyl adjacent to an activating group) is 1. The number of allylic oxidation sites excluding steroid dienone is 2. The van der Waals surface area contributed by atoms with Crippen LogP contribution >= 0.6 is 11.6 Å². The first-order valence-electron chi connectivity index (χ1n) is 15.3. The second kappa shape index (κ2) is 13.1. The summed E-state index contributed by atoms with van der Waals surface area (Å²) in [5, 5.41) is 22.1. The van der Waals surface area contributed by atoms with Crippen LogP contribution in [0, 0.1) is 28.6 Å². The molecule has 2 aromatic rings. The Labute approximate surface area is 271 Å². The van der Waals surface area contributed by atoms with Gasteiger partial charge < -0.3 is 14.5 Å². The van der Waals surface area contributed by atoms with Crippen molar-refractivity contribution in [3.05, 3.63) is 88.9 Å². The molecule has 2 aromatic carbocycles. The third-order valence-corrected chi connectivity index (χ3v) is 9.57. The van der Waals surface area contributed by atoms with E-state index in [-0.39, 0.29) is 49.5 Å². The molecule has 8 nitrogen and oxygen atoms in total. The van der Waals surface area contributed by atoms with Crippen molar-refractivity contribution in [2.45, 2.75) is 37.1 Å².